The Balaban J connectivity index is 1.95. The second-order valence-corrected chi connectivity index (χ2v) is 6.60. The van der Waals surface area contributed by atoms with Crippen LogP contribution in [0.2, 0.25) is 0 Å². The summed E-state index contributed by atoms with van der Waals surface area (Å²) in [7, 11) is 3.88. The van der Waals surface area contributed by atoms with Crippen molar-refractivity contribution in [2.75, 3.05) is 37.8 Å². The van der Waals surface area contributed by atoms with E-state index >= 15 is 0 Å². The highest BCUT2D eigenvalue weighted by atomic mass is 19.4. The lowest BCUT2D eigenvalue weighted by molar-refractivity contribution is -0.136. The maximum atomic E-state index is 13.3. The number of rotatable bonds is 7. The Hall–Kier alpha value is -3.20. The number of nitrogens with zero attached hydrogens (tertiary/aromatic N) is 4. The molecule has 2 aromatic heterocycles. The van der Waals surface area contributed by atoms with Gasteiger partial charge in [-0.1, -0.05) is 12.1 Å². The summed E-state index contributed by atoms with van der Waals surface area (Å²) in [6.45, 7) is 1.34. The van der Waals surface area contributed by atoms with E-state index in [1.54, 1.807) is 24.5 Å². The van der Waals surface area contributed by atoms with Gasteiger partial charge >= 0.3 is 6.18 Å². The van der Waals surface area contributed by atoms with Gasteiger partial charge in [-0.25, -0.2) is 4.98 Å². The van der Waals surface area contributed by atoms with Gasteiger partial charge in [-0.3, -0.25) is 4.98 Å². The third kappa shape index (κ3) is 5.64. The fourth-order valence-corrected chi connectivity index (χ4v) is 2.62. The van der Waals surface area contributed by atoms with Gasteiger partial charge in [-0.15, -0.1) is 0 Å². The number of halogens is 3. The van der Waals surface area contributed by atoms with Crippen LogP contribution in [0.3, 0.4) is 0 Å². The highest BCUT2D eigenvalue weighted by molar-refractivity contribution is 5.68. The molecule has 3 aromatic rings. The molecular formula is C20H21F3N6. The van der Waals surface area contributed by atoms with E-state index in [2.05, 4.69) is 25.6 Å². The Labute approximate surface area is 166 Å². The Morgan fingerprint density at radius 2 is 1.83 bits per heavy atom. The smallest absolute Gasteiger partial charge is 0.353 e. The number of hydrogen-bond donors (Lipinski definition) is 2. The number of para-hydroxylation sites is 1. The summed E-state index contributed by atoms with van der Waals surface area (Å²) < 4.78 is 40.0. The number of pyridine rings is 1. The van der Waals surface area contributed by atoms with E-state index in [0.29, 0.717) is 18.2 Å². The Kier molecular flexibility index (Phi) is 6.28. The lowest BCUT2D eigenvalue weighted by Crippen LogP contribution is -2.21. The van der Waals surface area contributed by atoms with Crippen molar-refractivity contribution in [3.05, 3.63) is 60.4 Å². The number of aromatic nitrogens is 3. The lowest BCUT2D eigenvalue weighted by atomic mass is 10.1. The van der Waals surface area contributed by atoms with E-state index in [-0.39, 0.29) is 11.5 Å². The van der Waals surface area contributed by atoms with Crippen LogP contribution in [0.4, 0.5) is 30.6 Å². The molecule has 0 aliphatic heterocycles. The molecule has 0 amide bonds. The highest BCUT2D eigenvalue weighted by Crippen LogP contribution is 2.36. The molecule has 1 aromatic carbocycles. The molecule has 2 N–H and O–H groups in total. The lowest BCUT2D eigenvalue weighted by Gasteiger charge is -2.16. The first-order chi connectivity index (χ1) is 13.8. The number of alkyl halides is 3. The summed E-state index contributed by atoms with van der Waals surface area (Å²) in [5, 5.41) is 5.90. The monoisotopic (exact) mass is 402 g/mol. The van der Waals surface area contributed by atoms with Crippen LogP contribution in [0.25, 0.3) is 11.3 Å². The average Bonchev–Trinajstić information content (AvgIpc) is 2.68. The van der Waals surface area contributed by atoms with Crippen molar-refractivity contribution in [2.45, 2.75) is 6.18 Å². The van der Waals surface area contributed by atoms with Gasteiger partial charge in [0.25, 0.3) is 0 Å². The van der Waals surface area contributed by atoms with E-state index in [4.69, 9.17) is 0 Å². The van der Waals surface area contributed by atoms with Gasteiger partial charge in [0.15, 0.2) is 0 Å². The van der Waals surface area contributed by atoms with E-state index in [1.165, 1.54) is 18.2 Å². The molecule has 0 radical (unpaired) electrons. The van der Waals surface area contributed by atoms with Crippen LogP contribution in [0.15, 0.2) is 54.9 Å². The number of nitrogens with one attached hydrogen (secondary N) is 2. The van der Waals surface area contributed by atoms with Crippen LogP contribution < -0.4 is 10.6 Å². The molecule has 0 unspecified atom stereocenters. The predicted octanol–water partition coefficient (Wildman–Crippen LogP) is 4.27. The van der Waals surface area contributed by atoms with Crippen molar-refractivity contribution in [2.24, 2.45) is 0 Å². The number of hydrogen-bond acceptors (Lipinski definition) is 6. The van der Waals surface area contributed by atoms with Crippen LogP contribution in [-0.4, -0.2) is 47.0 Å². The largest absolute Gasteiger partial charge is 0.418 e. The van der Waals surface area contributed by atoms with Gasteiger partial charge in [-0.05, 0) is 38.4 Å². The van der Waals surface area contributed by atoms with Crippen molar-refractivity contribution in [3.63, 3.8) is 0 Å². The van der Waals surface area contributed by atoms with E-state index < -0.39 is 11.7 Å². The number of benzene rings is 1. The highest BCUT2D eigenvalue weighted by Gasteiger charge is 2.33. The molecule has 2 heterocycles. The molecule has 0 atom stereocenters. The molecule has 0 aliphatic carbocycles. The van der Waals surface area contributed by atoms with Crippen molar-refractivity contribution in [1.29, 1.82) is 0 Å². The second-order valence-electron chi connectivity index (χ2n) is 6.60. The molecule has 0 saturated carbocycles. The van der Waals surface area contributed by atoms with Gasteiger partial charge < -0.3 is 15.5 Å². The van der Waals surface area contributed by atoms with Gasteiger partial charge in [0.1, 0.15) is 5.82 Å². The molecule has 0 saturated heterocycles. The number of anilines is 3. The predicted molar refractivity (Wildman–Crippen MR) is 107 cm³/mol. The quantitative estimate of drug-likeness (QED) is 0.615. The normalized spacial score (nSPS) is 11.5. The summed E-state index contributed by atoms with van der Waals surface area (Å²) in [4.78, 5) is 14.9. The minimum absolute atomic E-state index is 0.0740. The molecule has 6 nitrogen and oxygen atoms in total. The van der Waals surface area contributed by atoms with Gasteiger partial charge in [0.2, 0.25) is 5.95 Å². The minimum Gasteiger partial charge on any atom is -0.353 e. The molecule has 0 aliphatic rings. The van der Waals surface area contributed by atoms with Crippen molar-refractivity contribution >= 4 is 17.5 Å². The third-order valence-electron chi connectivity index (χ3n) is 4.02. The first-order valence-corrected chi connectivity index (χ1v) is 8.94. The topological polar surface area (TPSA) is 66.0 Å². The van der Waals surface area contributed by atoms with Crippen LogP contribution in [-0.2, 0) is 6.18 Å². The fourth-order valence-electron chi connectivity index (χ4n) is 2.62. The zero-order chi connectivity index (χ0) is 20.9. The summed E-state index contributed by atoms with van der Waals surface area (Å²) in [5.74, 6) is 0.572. The van der Waals surface area contributed by atoms with Crippen molar-refractivity contribution in [1.82, 2.24) is 19.9 Å². The number of likely N-dealkylation sites (N-methyl/N-ethyl adjacent to an activating group) is 1. The minimum atomic E-state index is -4.48. The third-order valence-corrected chi connectivity index (χ3v) is 4.02. The zero-order valence-corrected chi connectivity index (χ0v) is 16.0. The summed E-state index contributed by atoms with van der Waals surface area (Å²) in [6.07, 6.45) is -1.20. The molecule has 0 fully saturated rings. The second kappa shape index (κ2) is 8.87. The molecule has 29 heavy (non-hydrogen) atoms. The van der Waals surface area contributed by atoms with Gasteiger partial charge in [0.05, 0.1) is 16.9 Å². The van der Waals surface area contributed by atoms with Gasteiger partial charge in [0, 0.05) is 37.1 Å². The van der Waals surface area contributed by atoms with Crippen LogP contribution in [0.5, 0.6) is 0 Å². The van der Waals surface area contributed by atoms with E-state index in [9.17, 15) is 13.2 Å². The first-order valence-electron chi connectivity index (χ1n) is 8.94. The van der Waals surface area contributed by atoms with E-state index in [1.807, 2.05) is 25.1 Å². The molecule has 9 heteroatoms. The van der Waals surface area contributed by atoms with Crippen LogP contribution in [0, 0.1) is 0 Å². The maximum absolute atomic E-state index is 13.3. The Morgan fingerprint density at radius 3 is 2.52 bits per heavy atom. The molecule has 0 bridgehead atoms. The first kappa shape index (κ1) is 20.5. The fraction of sp³-hybridized carbons (Fsp3) is 0.250. The van der Waals surface area contributed by atoms with Crippen LogP contribution in [0.1, 0.15) is 5.56 Å². The summed E-state index contributed by atoms with van der Waals surface area (Å²) >= 11 is 0. The molecule has 0 spiro atoms. The summed E-state index contributed by atoms with van der Waals surface area (Å²) in [6, 6.07) is 10.5. The average molecular weight is 402 g/mol. The van der Waals surface area contributed by atoms with E-state index in [0.717, 1.165) is 18.2 Å². The van der Waals surface area contributed by atoms with Gasteiger partial charge in [-0.2, -0.15) is 18.2 Å². The van der Waals surface area contributed by atoms with Crippen molar-refractivity contribution < 1.29 is 13.2 Å². The van der Waals surface area contributed by atoms with Crippen LogP contribution >= 0.6 is 0 Å². The Bertz CT molecular complexity index is 944. The van der Waals surface area contributed by atoms with Crippen molar-refractivity contribution in [3.8, 4) is 11.3 Å². The zero-order valence-electron chi connectivity index (χ0n) is 16.0. The molecule has 3 rings (SSSR count). The Morgan fingerprint density at radius 1 is 1.03 bits per heavy atom. The SMILES string of the molecule is CN(C)CCNc1nc(Nc2ccccc2C(F)(F)F)cc(-c2cccnc2)n1. The standard InChI is InChI=1S/C20H21F3N6/c1-29(2)11-10-25-19-27-17(14-6-5-9-24-13-14)12-18(28-19)26-16-8-4-3-7-15(16)20(21,22)23/h3-9,12-13H,10-11H2,1-2H3,(H2,25,26,27,28). The molecular weight excluding hydrogens is 381 g/mol. The molecule has 152 valence electrons. The maximum Gasteiger partial charge on any atom is 0.418 e. The summed E-state index contributed by atoms with van der Waals surface area (Å²) in [5.41, 5.74) is 0.448.